The highest BCUT2D eigenvalue weighted by Gasteiger charge is 2.30. The average Bonchev–Trinajstić information content (AvgIpc) is 2.87. The molecule has 1 saturated heterocycles. The number of hydrogen-bond donors (Lipinski definition) is 1. The highest BCUT2D eigenvalue weighted by Crippen LogP contribution is 2.23. The van der Waals surface area contributed by atoms with Crippen LogP contribution in [0.25, 0.3) is 0 Å². The molecular weight excluding hydrogens is 304 g/mol. The summed E-state index contributed by atoms with van der Waals surface area (Å²) in [7, 11) is -2.59. The smallest absolute Gasteiger partial charge is 0.358 e. The molecule has 1 aromatic heterocycles. The monoisotopic (exact) mass is 320 g/mol. The third-order valence-corrected chi connectivity index (χ3v) is 5.85. The number of nitrogens with zero attached hydrogens (tertiary/aromatic N) is 1. The number of methoxy groups -OCH3 is 1. The number of sulfonamides is 1. The molecule has 1 N–H and O–H groups in total. The van der Waals surface area contributed by atoms with Gasteiger partial charge in [-0.2, -0.15) is 0 Å². The quantitative estimate of drug-likeness (QED) is 0.824. The average molecular weight is 320 g/mol. The van der Waals surface area contributed by atoms with E-state index in [1.54, 1.807) is 0 Å². The molecule has 7 nitrogen and oxygen atoms in total. The fourth-order valence-electron chi connectivity index (χ4n) is 2.04. The van der Waals surface area contributed by atoms with Crippen LogP contribution in [-0.2, 0) is 19.5 Å². The Balaban J connectivity index is 2.18. The van der Waals surface area contributed by atoms with Crippen molar-refractivity contribution in [2.75, 3.05) is 13.7 Å². The molecule has 20 heavy (non-hydrogen) atoms. The number of hydrogen-bond acceptors (Lipinski definition) is 7. The van der Waals surface area contributed by atoms with Crippen LogP contribution in [0.2, 0.25) is 0 Å². The number of thiazole rings is 1. The van der Waals surface area contributed by atoms with Gasteiger partial charge in [0, 0.05) is 12.6 Å². The number of esters is 1. The maximum atomic E-state index is 12.3. The van der Waals surface area contributed by atoms with Gasteiger partial charge in [0.1, 0.15) is 0 Å². The van der Waals surface area contributed by atoms with Crippen molar-refractivity contribution < 1.29 is 22.7 Å². The van der Waals surface area contributed by atoms with Crippen LogP contribution in [0, 0.1) is 0 Å². The van der Waals surface area contributed by atoms with Gasteiger partial charge in [-0.15, -0.1) is 11.3 Å². The van der Waals surface area contributed by atoms with Gasteiger partial charge in [0.25, 0.3) is 10.0 Å². The van der Waals surface area contributed by atoms with E-state index in [-0.39, 0.29) is 22.0 Å². The lowest BCUT2D eigenvalue weighted by Gasteiger charge is -2.27. The van der Waals surface area contributed by atoms with Crippen LogP contribution < -0.4 is 4.72 Å². The summed E-state index contributed by atoms with van der Waals surface area (Å²) in [5, 5.41) is 0. The van der Waals surface area contributed by atoms with Crippen LogP contribution in [0.5, 0.6) is 0 Å². The number of carbonyl (C=O) groups is 1. The topological polar surface area (TPSA) is 94.6 Å². The van der Waals surface area contributed by atoms with Gasteiger partial charge in [0.2, 0.25) is 0 Å². The second kappa shape index (κ2) is 6.17. The Morgan fingerprint density at radius 2 is 2.35 bits per heavy atom. The first-order chi connectivity index (χ1) is 9.44. The van der Waals surface area contributed by atoms with Crippen molar-refractivity contribution in [1.82, 2.24) is 9.71 Å². The number of aromatic nitrogens is 1. The van der Waals surface area contributed by atoms with Gasteiger partial charge in [-0.25, -0.2) is 22.9 Å². The Morgan fingerprint density at radius 3 is 3.00 bits per heavy atom. The lowest BCUT2D eigenvalue weighted by Crippen LogP contribution is -2.41. The molecule has 0 aromatic carbocycles. The molecule has 0 amide bonds. The summed E-state index contributed by atoms with van der Waals surface area (Å²) in [6.45, 7) is 2.41. The lowest BCUT2D eigenvalue weighted by molar-refractivity contribution is 0.0173. The molecule has 2 heterocycles. The molecule has 0 aliphatic carbocycles. The van der Waals surface area contributed by atoms with E-state index in [1.807, 2.05) is 6.92 Å². The number of carbonyl (C=O) groups excluding carboxylic acids is 1. The van der Waals surface area contributed by atoms with E-state index in [9.17, 15) is 13.2 Å². The first kappa shape index (κ1) is 15.4. The van der Waals surface area contributed by atoms with Crippen LogP contribution in [0.3, 0.4) is 0 Å². The zero-order chi connectivity index (χ0) is 14.8. The van der Waals surface area contributed by atoms with Crippen LogP contribution in [0.4, 0.5) is 0 Å². The van der Waals surface area contributed by atoms with Gasteiger partial charge in [0.15, 0.2) is 9.90 Å². The third kappa shape index (κ3) is 3.35. The first-order valence-electron chi connectivity index (χ1n) is 6.09. The fourth-order valence-corrected chi connectivity index (χ4v) is 4.47. The van der Waals surface area contributed by atoms with Gasteiger partial charge < -0.3 is 9.47 Å². The van der Waals surface area contributed by atoms with E-state index >= 15 is 0 Å². The van der Waals surface area contributed by atoms with E-state index in [0.717, 1.165) is 11.3 Å². The minimum absolute atomic E-state index is 0.0120. The number of ether oxygens (including phenoxy) is 2. The van der Waals surface area contributed by atoms with Gasteiger partial charge in [-0.05, 0) is 19.8 Å². The molecule has 1 aliphatic rings. The van der Waals surface area contributed by atoms with Gasteiger partial charge in [0.05, 0.1) is 18.7 Å². The molecule has 1 fully saturated rings. The van der Waals surface area contributed by atoms with Gasteiger partial charge in [-0.3, -0.25) is 0 Å². The molecular formula is C11H16N2O5S2. The molecule has 2 atom stereocenters. The highest BCUT2D eigenvalue weighted by atomic mass is 32.2. The van der Waals surface area contributed by atoms with E-state index in [0.29, 0.717) is 19.4 Å². The van der Waals surface area contributed by atoms with E-state index in [4.69, 9.17) is 4.74 Å². The van der Waals surface area contributed by atoms with E-state index in [1.165, 1.54) is 12.6 Å². The summed E-state index contributed by atoms with van der Waals surface area (Å²) in [5.74, 6) is -0.757. The van der Waals surface area contributed by atoms with Gasteiger partial charge in [-0.1, -0.05) is 0 Å². The maximum Gasteiger partial charge on any atom is 0.358 e. The fraction of sp³-hybridized carbons (Fsp3) is 0.636. The van der Waals surface area contributed by atoms with Crippen molar-refractivity contribution in [2.24, 2.45) is 0 Å². The minimum atomic E-state index is -3.78. The molecule has 1 aromatic rings. The Bertz CT molecular complexity index is 583. The molecule has 9 heteroatoms. The molecule has 0 radical (unpaired) electrons. The largest absolute Gasteiger partial charge is 0.464 e. The molecule has 112 valence electrons. The van der Waals surface area contributed by atoms with Crippen molar-refractivity contribution in [2.45, 2.75) is 36.1 Å². The number of nitrogens with one attached hydrogen (secondary N) is 1. The summed E-state index contributed by atoms with van der Waals surface area (Å²) in [5.41, 5.74) is 1.14. The zero-order valence-corrected chi connectivity index (χ0v) is 12.8. The lowest BCUT2D eigenvalue weighted by atomic mass is 10.1. The standard InChI is InChI=1S/C11H16N2O5S2/c1-7-5-8(3-4-18-7)13-20(15,16)11-9(10(14)17-2)12-6-19-11/h6-8,13H,3-5H2,1-2H3. The van der Waals surface area contributed by atoms with E-state index in [2.05, 4.69) is 14.4 Å². The van der Waals surface area contributed by atoms with Crippen LogP contribution in [0.1, 0.15) is 30.3 Å². The SMILES string of the molecule is COC(=O)c1ncsc1S(=O)(=O)NC1CCOC(C)C1. The maximum absolute atomic E-state index is 12.3. The van der Waals surface area contributed by atoms with Crippen molar-refractivity contribution in [3.63, 3.8) is 0 Å². The molecule has 0 saturated carbocycles. The normalized spacial score (nSPS) is 23.5. The summed E-state index contributed by atoms with van der Waals surface area (Å²) >= 11 is 0.896. The summed E-state index contributed by atoms with van der Waals surface area (Å²) in [4.78, 5) is 15.3. The first-order valence-corrected chi connectivity index (χ1v) is 8.46. The van der Waals surface area contributed by atoms with Crippen LogP contribution >= 0.6 is 11.3 Å². The van der Waals surface area contributed by atoms with Crippen molar-refractivity contribution >= 4 is 27.3 Å². The predicted molar refractivity (Wildman–Crippen MR) is 72.2 cm³/mol. The molecule has 0 spiro atoms. The van der Waals surface area contributed by atoms with Gasteiger partial charge >= 0.3 is 5.97 Å². The summed E-state index contributed by atoms with van der Waals surface area (Å²) in [6, 6.07) is -0.198. The molecule has 0 bridgehead atoms. The Labute approximate surface area is 121 Å². The van der Waals surface area contributed by atoms with Crippen molar-refractivity contribution in [3.8, 4) is 0 Å². The third-order valence-electron chi connectivity index (χ3n) is 2.96. The molecule has 2 unspecified atom stereocenters. The second-order valence-electron chi connectivity index (χ2n) is 4.50. The summed E-state index contributed by atoms with van der Waals surface area (Å²) in [6.07, 6.45) is 1.22. The molecule has 2 rings (SSSR count). The molecule has 1 aliphatic heterocycles. The zero-order valence-electron chi connectivity index (χ0n) is 11.2. The van der Waals surface area contributed by atoms with Crippen molar-refractivity contribution in [1.29, 1.82) is 0 Å². The van der Waals surface area contributed by atoms with Crippen molar-refractivity contribution in [3.05, 3.63) is 11.2 Å². The van der Waals surface area contributed by atoms with Crippen LogP contribution in [-0.4, -0.2) is 45.2 Å². The highest BCUT2D eigenvalue weighted by molar-refractivity contribution is 7.91. The minimum Gasteiger partial charge on any atom is -0.464 e. The Morgan fingerprint density at radius 1 is 1.60 bits per heavy atom. The predicted octanol–water partition coefficient (Wildman–Crippen LogP) is 0.775. The van der Waals surface area contributed by atoms with E-state index < -0.39 is 16.0 Å². The number of rotatable bonds is 4. The van der Waals surface area contributed by atoms with Crippen LogP contribution in [0.15, 0.2) is 9.72 Å². The Kier molecular flexibility index (Phi) is 4.74. The second-order valence-corrected chi connectivity index (χ2v) is 7.27. The summed E-state index contributed by atoms with van der Waals surface area (Å²) < 4.78 is 37.0. The Hall–Kier alpha value is -1.03.